The zero-order chi connectivity index (χ0) is 14.8. The summed E-state index contributed by atoms with van der Waals surface area (Å²) in [6.45, 7) is 0. The van der Waals surface area contributed by atoms with E-state index in [2.05, 4.69) is 20.5 Å². The first kappa shape index (κ1) is 13.8. The zero-order valence-electron chi connectivity index (χ0n) is 11.6. The molecule has 0 radical (unpaired) electrons. The van der Waals surface area contributed by atoms with Crippen LogP contribution in [0.3, 0.4) is 0 Å². The minimum atomic E-state index is -0.00851. The van der Waals surface area contributed by atoms with E-state index >= 15 is 0 Å². The highest BCUT2D eigenvalue weighted by Crippen LogP contribution is 2.29. The summed E-state index contributed by atoms with van der Waals surface area (Å²) in [5.74, 6) is 0. The van der Waals surface area contributed by atoms with Crippen LogP contribution < -0.4 is 5.43 Å². The first-order chi connectivity index (χ1) is 10.2. The van der Waals surface area contributed by atoms with Gasteiger partial charge in [-0.3, -0.25) is 4.79 Å². The fourth-order valence-electron chi connectivity index (χ4n) is 2.47. The number of rotatable bonds is 2. The standard InChI is InChI=1S/C18H14BrNO/c1-20-15(13-8-4-2-5-9-13)12-16(21)17(19)18(20)14-10-6-3-7-11-14/h2-12H,1H3. The summed E-state index contributed by atoms with van der Waals surface area (Å²) in [5.41, 5.74) is 3.83. The number of halogens is 1. The highest BCUT2D eigenvalue weighted by Gasteiger charge is 2.13. The molecule has 3 rings (SSSR count). The minimum absolute atomic E-state index is 0.00851. The van der Waals surface area contributed by atoms with E-state index in [1.807, 2.05) is 67.7 Å². The quantitative estimate of drug-likeness (QED) is 0.674. The van der Waals surface area contributed by atoms with Gasteiger partial charge in [0.25, 0.3) is 0 Å². The van der Waals surface area contributed by atoms with Crippen LogP contribution in [0, 0.1) is 0 Å². The number of pyridine rings is 1. The second-order valence-corrected chi connectivity index (χ2v) is 5.64. The lowest BCUT2D eigenvalue weighted by molar-refractivity contribution is 0.915. The predicted octanol–water partition coefficient (Wildman–Crippen LogP) is 4.48. The summed E-state index contributed by atoms with van der Waals surface area (Å²) in [6, 6.07) is 21.6. The largest absolute Gasteiger partial charge is 0.342 e. The number of hydrogen-bond acceptors (Lipinski definition) is 1. The molecule has 2 aromatic carbocycles. The maximum Gasteiger partial charge on any atom is 0.197 e. The molecule has 0 saturated carbocycles. The van der Waals surface area contributed by atoms with E-state index < -0.39 is 0 Å². The Morgan fingerprint density at radius 3 is 1.95 bits per heavy atom. The topological polar surface area (TPSA) is 22.0 Å². The Morgan fingerprint density at radius 2 is 1.38 bits per heavy atom. The summed E-state index contributed by atoms with van der Waals surface area (Å²) >= 11 is 3.44. The second-order valence-electron chi connectivity index (χ2n) is 4.85. The number of aromatic nitrogens is 1. The maximum atomic E-state index is 12.3. The van der Waals surface area contributed by atoms with Gasteiger partial charge in [0.05, 0.1) is 15.9 Å². The van der Waals surface area contributed by atoms with E-state index in [9.17, 15) is 4.79 Å². The number of hydrogen-bond donors (Lipinski definition) is 0. The molecule has 104 valence electrons. The predicted molar refractivity (Wildman–Crippen MR) is 90.3 cm³/mol. The van der Waals surface area contributed by atoms with Gasteiger partial charge >= 0.3 is 0 Å². The molecule has 0 bridgehead atoms. The van der Waals surface area contributed by atoms with Crippen LogP contribution in [0.4, 0.5) is 0 Å². The molecule has 0 saturated heterocycles. The fourth-order valence-corrected chi connectivity index (χ4v) is 3.08. The van der Waals surface area contributed by atoms with Crippen molar-refractivity contribution in [1.82, 2.24) is 4.57 Å². The lowest BCUT2D eigenvalue weighted by Gasteiger charge is -2.16. The van der Waals surface area contributed by atoms with Crippen molar-refractivity contribution >= 4 is 15.9 Å². The molecule has 0 N–H and O–H groups in total. The Kier molecular flexibility index (Phi) is 3.76. The van der Waals surface area contributed by atoms with Crippen LogP contribution in [0.1, 0.15) is 0 Å². The molecule has 0 spiro atoms. The van der Waals surface area contributed by atoms with Crippen molar-refractivity contribution in [3.8, 4) is 22.5 Å². The van der Waals surface area contributed by atoms with Gasteiger partial charge in [-0.2, -0.15) is 0 Å². The van der Waals surface area contributed by atoms with Gasteiger partial charge in [0.2, 0.25) is 0 Å². The van der Waals surface area contributed by atoms with Crippen molar-refractivity contribution in [3.05, 3.63) is 81.4 Å². The Bertz CT molecular complexity index is 823. The molecule has 0 aliphatic carbocycles. The summed E-state index contributed by atoms with van der Waals surface area (Å²) in [6.07, 6.45) is 0. The van der Waals surface area contributed by atoms with Crippen LogP contribution in [-0.4, -0.2) is 4.57 Å². The van der Waals surface area contributed by atoms with E-state index in [1.165, 1.54) is 0 Å². The van der Waals surface area contributed by atoms with Gasteiger partial charge in [-0.05, 0) is 27.1 Å². The van der Waals surface area contributed by atoms with Gasteiger partial charge in [-0.1, -0.05) is 60.7 Å². The maximum absolute atomic E-state index is 12.3. The van der Waals surface area contributed by atoms with Crippen molar-refractivity contribution in [2.45, 2.75) is 0 Å². The summed E-state index contributed by atoms with van der Waals surface area (Å²) in [5, 5.41) is 0. The molecule has 21 heavy (non-hydrogen) atoms. The van der Waals surface area contributed by atoms with Gasteiger partial charge in [0.1, 0.15) is 0 Å². The monoisotopic (exact) mass is 339 g/mol. The molecule has 3 aromatic rings. The average molecular weight is 340 g/mol. The van der Waals surface area contributed by atoms with Gasteiger partial charge in [-0.15, -0.1) is 0 Å². The smallest absolute Gasteiger partial charge is 0.197 e. The van der Waals surface area contributed by atoms with Crippen molar-refractivity contribution in [2.75, 3.05) is 0 Å². The fraction of sp³-hybridized carbons (Fsp3) is 0.0556. The third kappa shape index (κ3) is 2.57. The highest BCUT2D eigenvalue weighted by molar-refractivity contribution is 9.10. The van der Waals surface area contributed by atoms with Gasteiger partial charge in [0, 0.05) is 13.1 Å². The third-order valence-electron chi connectivity index (χ3n) is 3.51. The highest BCUT2D eigenvalue weighted by atomic mass is 79.9. The Morgan fingerprint density at radius 1 is 0.857 bits per heavy atom. The molecular formula is C18H14BrNO. The van der Waals surface area contributed by atoms with E-state index in [0.717, 1.165) is 22.5 Å². The minimum Gasteiger partial charge on any atom is -0.342 e. The molecule has 2 nitrogen and oxygen atoms in total. The van der Waals surface area contributed by atoms with Crippen LogP contribution in [0.2, 0.25) is 0 Å². The molecule has 0 amide bonds. The molecule has 0 unspecified atom stereocenters. The van der Waals surface area contributed by atoms with Crippen LogP contribution >= 0.6 is 15.9 Å². The molecule has 0 fully saturated rings. The van der Waals surface area contributed by atoms with Crippen LogP contribution in [0.15, 0.2) is 76.0 Å². The normalized spacial score (nSPS) is 10.6. The first-order valence-corrected chi connectivity index (χ1v) is 7.48. The molecule has 1 aromatic heterocycles. The summed E-state index contributed by atoms with van der Waals surface area (Å²) in [4.78, 5) is 12.3. The number of nitrogens with zero attached hydrogens (tertiary/aromatic N) is 1. The van der Waals surface area contributed by atoms with E-state index in [0.29, 0.717) is 4.47 Å². The zero-order valence-corrected chi connectivity index (χ0v) is 13.2. The van der Waals surface area contributed by atoms with Gasteiger partial charge in [0.15, 0.2) is 5.43 Å². The second kappa shape index (κ2) is 5.70. The van der Waals surface area contributed by atoms with Crippen LogP contribution in [0.5, 0.6) is 0 Å². The van der Waals surface area contributed by atoms with Crippen molar-refractivity contribution in [2.24, 2.45) is 7.05 Å². The van der Waals surface area contributed by atoms with Crippen LogP contribution in [-0.2, 0) is 7.05 Å². The Labute approximate surface area is 131 Å². The SMILES string of the molecule is Cn1c(-c2ccccc2)cc(=O)c(Br)c1-c1ccccc1. The number of benzene rings is 2. The molecule has 0 aliphatic rings. The third-order valence-corrected chi connectivity index (χ3v) is 4.27. The molecule has 0 atom stereocenters. The Hall–Kier alpha value is -2.13. The molecular weight excluding hydrogens is 326 g/mol. The summed E-state index contributed by atoms with van der Waals surface area (Å²) < 4.78 is 2.65. The van der Waals surface area contributed by atoms with E-state index in [1.54, 1.807) is 6.07 Å². The first-order valence-electron chi connectivity index (χ1n) is 6.69. The van der Waals surface area contributed by atoms with Crippen molar-refractivity contribution in [1.29, 1.82) is 0 Å². The van der Waals surface area contributed by atoms with Crippen molar-refractivity contribution in [3.63, 3.8) is 0 Å². The molecule has 0 aliphatic heterocycles. The summed E-state index contributed by atoms with van der Waals surface area (Å²) in [7, 11) is 1.98. The van der Waals surface area contributed by atoms with Crippen molar-refractivity contribution < 1.29 is 0 Å². The van der Waals surface area contributed by atoms with Gasteiger partial charge < -0.3 is 4.57 Å². The lowest BCUT2D eigenvalue weighted by Crippen LogP contribution is -2.12. The van der Waals surface area contributed by atoms with E-state index in [4.69, 9.17) is 0 Å². The molecule has 3 heteroatoms. The lowest BCUT2D eigenvalue weighted by atomic mass is 10.1. The molecule has 1 heterocycles. The Balaban J connectivity index is 2.31. The van der Waals surface area contributed by atoms with Gasteiger partial charge in [-0.25, -0.2) is 0 Å². The van der Waals surface area contributed by atoms with E-state index in [-0.39, 0.29) is 5.43 Å². The average Bonchev–Trinajstić information content (AvgIpc) is 2.53. The van der Waals surface area contributed by atoms with Crippen LogP contribution in [0.25, 0.3) is 22.5 Å².